The van der Waals surface area contributed by atoms with Gasteiger partial charge in [-0.3, -0.25) is 4.79 Å². The van der Waals surface area contributed by atoms with Gasteiger partial charge in [-0.05, 0) is 72.8 Å². The molecule has 0 atom stereocenters. The highest BCUT2D eigenvalue weighted by Gasteiger charge is 2.12. The number of benzene rings is 3. The molecule has 0 aromatic heterocycles. The summed E-state index contributed by atoms with van der Waals surface area (Å²) in [5.41, 5.74) is 5.54. The van der Waals surface area contributed by atoms with E-state index in [2.05, 4.69) is 20.9 Å². The summed E-state index contributed by atoms with van der Waals surface area (Å²) in [5.74, 6) is -0.119. The third-order valence-electron chi connectivity index (χ3n) is 5.11. The highest BCUT2D eigenvalue weighted by atomic mass is 16.5. The minimum Gasteiger partial charge on any atom is -0.388 e. The average Bonchev–Trinajstić information content (AvgIpc) is 2.81. The minimum absolute atomic E-state index is 0.119. The van der Waals surface area contributed by atoms with Crippen LogP contribution in [0.15, 0.2) is 72.8 Å². The van der Waals surface area contributed by atoms with Crippen LogP contribution >= 0.6 is 0 Å². The summed E-state index contributed by atoms with van der Waals surface area (Å²) in [5, 5.41) is 9.41. The van der Waals surface area contributed by atoms with Gasteiger partial charge in [0.2, 0.25) is 0 Å². The number of amides is 1. The number of hydrogen-bond donors (Lipinski definition) is 3. The first-order chi connectivity index (χ1) is 14.7. The topological polar surface area (TPSA) is 65.6 Å². The summed E-state index contributed by atoms with van der Waals surface area (Å²) in [6.07, 6.45) is 0. The van der Waals surface area contributed by atoms with Crippen molar-refractivity contribution in [3.63, 3.8) is 0 Å². The molecule has 3 aromatic carbocycles. The zero-order valence-electron chi connectivity index (χ0n) is 17.0. The molecule has 0 saturated carbocycles. The highest BCUT2D eigenvalue weighted by molar-refractivity contribution is 6.04. The second-order valence-corrected chi connectivity index (χ2v) is 7.13. The van der Waals surface area contributed by atoms with Crippen molar-refractivity contribution < 1.29 is 9.53 Å². The lowest BCUT2D eigenvalue weighted by Gasteiger charge is -2.28. The standard InChI is InChI=1S/C24H26N4O2/c1-25-19-4-6-20(7-5-19)26-21-8-10-22(11-9-21)27-24(29)18-2-12-23(13-3-18)28-14-16-30-17-15-28/h2-13,25-26H,14-17H2,1H3,(H,27,29). The molecule has 0 unspecified atom stereocenters. The summed E-state index contributed by atoms with van der Waals surface area (Å²) in [4.78, 5) is 14.8. The molecular formula is C24H26N4O2. The van der Waals surface area contributed by atoms with Crippen LogP contribution in [0.4, 0.5) is 28.4 Å². The lowest BCUT2D eigenvalue weighted by molar-refractivity contribution is 0.102. The van der Waals surface area contributed by atoms with Gasteiger partial charge in [-0.15, -0.1) is 0 Å². The third kappa shape index (κ3) is 4.90. The van der Waals surface area contributed by atoms with Gasteiger partial charge in [0.1, 0.15) is 0 Å². The van der Waals surface area contributed by atoms with Crippen molar-refractivity contribution in [2.75, 3.05) is 54.2 Å². The number of ether oxygens (including phenoxy) is 1. The summed E-state index contributed by atoms with van der Waals surface area (Å²) >= 11 is 0. The predicted molar refractivity (Wildman–Crippen MR) is 123 cm³/mol. The van der Waals surface area contributed by atoms with E-state index in [0.29, 0.717) is 5.56 Å². The molecule has 1 amide bonds. The quantitative estimate of drug-likeness (QED) is 0.564. The number of nitrogens with zero attached hydrogens (tertiary/aromatic N) is 1. The van der Waals surface area contributed by atoms with Gasteiger partial charge < -0.3 is 25.6 Å². The van der Waals surface area contributed by atoms with Crippen LogP contribution in [0.1, 0.15) is 10.4 Å². The second-order valence-electron chi connectivity index (χ2n) is 7.13. The maximum absolute atomic E-state index is 12.6. The monoisotopic (exact) mass is 402 g/mol. The van der Waals surface area contributed by atoms with Crippen LogP contribution in [-0.2, 0) is 4.74 Å². The van der Waals surface area contributed by atoms with Gasteiger partial charge in [0.15, 0.2) is 0 Å². The van der Waals surface area contributed by atoms with Crippen LogP contribution in [0.5, 0.6) is 0 Å². The molecule has 0 aliphatic carbocycles. The van der Waals surface area contributed by atoms with Crippen molar-refractivity contribution in [2.45, 2.75) is 0 Å². The molecule has 0 radical (unpaired) electrons. The minimum atomic E-state index is -0.119. The Hall–Kier alpha value is -3.51. The normalized spacial score (nSPS) is 13.6. The Morgan fingerprint density at radius 3 is 1.87 bits per heavy atom. The molecule has 6 heteroatoms. The van der Waals surface area contributed by atoms with Crippen molar-refractivity contribution >= 4 is 34.3 Å². The van der Waals surface area contributed by atoms with Crippen LogP contribution in [0.25, 0.3) is 0 Å². The Morgan fingerprint density at radius 1 is 0.767 bits per heavy atom. The lowest BCUT2D eigenvalue weighted by Crippen LogP contribution is -2.36. The summed E-state index contributed by atoms with van der Waals surface area (Å²) in [7, 11) is 1.90. The number of carbonyl (C=O) groups is 1. The van der Waals surface area contributed by atoms with Crippen molar-refractivity contribution in [3.05, 3.63) is 78.4 Å². The Bertz CT molecular complexity index is 964. The van der Waals surface area contributed by atoms with Crippen molar-refractivity contribution in [1.29, 1.82) is 0 Å². The zero-order chi connectivity index (χ0) is 20.8. The van der Waals surface area contributed by atoms with E-state index >= 15 is 0 Å². The number of carbonyl (C=O) groups excluding carboxylic acids is 1. The van der Waals surface area contributed by atoms with Crippen LogP contribution < -0.4 is 20.9 Å². The summed E-state index contributed by atoms with van der Waals surface area (Å²) in [6, 6.07) is 23.5. The molecule has 0 spiro atoms. The average molecular weight is 402 g/mol. The summed E-state index contributed by atoms with van der Waals surface area (Å²) in [6.45, 7) is 3.25. The van der Waals surface area contributed by atoms with Crippen molar-refractivity contribution in [2.24, 2.45) is 0 Å². The fourth-order valence-corrected chi connectivity index (χ4v) is 3.37. The Balaban J connectivity index is 1.34. The first kappa shape index (κ1) is 19.8. The summed E-state index contributed by atoms with van der Waals surface area (Å²) < 4.78 is 5.39. The molecule has 154 valence electrons. The first-order valence-corrected chi connectivity index (χ1v) is 10.1. The number of anilines is 5. The zero-order valence-corrected chi connectivity index (χ0v) is 17.0. The van der Waals surface area contributed by atoms with E-state index in [1.807, 2.05) is 79.8 Å². The number of morpholine rings is 1. The molecule has 3 N–H and O–H groups in total. The Labute approximate surface area is 176 Å². The molecule has 1 fully saturated rings. The van der Waals surface area contributed by atoms with Crippen LogP contribution in [0, 0.1) is 0 Å². The smallest absolute Gasteiger partial charge is 0.255 e. The third-order valence-corrected chi connectivity index (χ3v) is 5.11. The van der Waals surface area contributed by atoms with E-state index in [4.69, 9.17) is 4.74 Å². The predicted octanol–water partition coefficient (Wildman–Crippen LogP) is 4.56. The van der Waals surface area contributed by atoms with E-state index in [-0.39, 0.29) is 5.91 Å². The van der Waals surface area contributed by atoms with Gasteiger partial charge >= 0.3 is 0 Å². The second kappa shape index (κ2) is 9.33. The molecular weight excluding hydrogens is 376 g/mol. The Morgan fingerprint density at radius 2 is 1.30 bits per heavy atom. The molecule has 1 aliphatic rings. The first-order valence-electron chi connectivity index (χ1n) is 10.1. The molecule has 6 nitrogen and oxygen atoms in total. The van der Waals surface area contributed by atoms with E-state index < -0.39 is 0 Å². The maximum Gasteiger partial charge on any atom is 0.255 e. The van der Waals surface area contributed by atoms with E-state index in [1.54, 1.807) is 0 Å². The molecule has 1 heterocycles. The molecule has 1 saturated heterocycles. The SMILES string of the molecule is CNc1ccc(Nc2ccc(NC(=O)c3ccc(N4CCOCC4)cc3)cc2)cc1. The fourth-order valence-electron chi connectivity index (χ4n) is 3.37. The molecule has 4 rings (SSSR count). The molecule has 1 aliphatic heterocycles. The van der Waals surface area contributed by atoms with Gasteiger partial charge in [0.05, 0.1) is 13.2 Å². The van der Waals surface area contributed by atoms with Gasteiger partial charge in [0, 0.05) is 54.1 Å². The molecule has 30 heavy (non-hydrogen) atoms. The van der Waals surface area contributed by atoms with Gasteiger partial charge in [-0.1, -0.05) is 0 Å². The van der Waals surface area contributed by atoms with Crippen LogP contribution in [0.2, 0.25) is 0 Å². The largest absolute Gasteiger partial charge is 0.388 e. The number of rotatable bonds is 6. The highest BCUT2D eigenvalue weighted by Crippen LogP contribution is 2.21. The van der Waals surface area contributed by atoms with Crippen molar-refractivity contribution in [1.82, 2.24) is 0 Å². The van der Waals surface area contributed by atoms with Crippen LogP contribution in [0.3, 0.4) is 0 Å². The lowest BCUT2D eigenvalue weighted by atomic mass is 10.1. The van der Waals surface area contributed by atoms with Gasteiger partial charge in [-0.25, -0.2) is 0 Å². The molecule has 3 aromatic rings. The van der Waals surface area contributed by atoms with E-state index in [9.17, 15) is 4.79 Å². The number of nitrogens with one attached hydrogen (secondary N) is 3. The Kier molecular flexibility index (Phi) is 6.15. The van der Waals surface area contributed by atoms with Crippen molar-refractivity contribution in [3.8, 4) is 0 Å². The van der Waals surface area contributed by atoms with Crippen LogP contribution in [-0.4, -0.2) is 39.3 Å². The number of hydrogen-bond acceptors (Lipinski definition) is 5. The van der Waals surface area contributed by atoms with E-state index in [0.717, 1.165) is 54.7 Å². The van der Waals surface area contributed by atoms with Gasteiger partial charge in [-0.2, -0.15) is 0 Å². The van der Waals surface area contributed by atoms with Gasteiger partial charge in [0.25, 0.3) is 5.91 Å². The van der Waals surface area contributed by atoms with E-state index in [1.165, 1.54) is 0 Å². The maximum atomic E-state index is 12.6. The fraction of sp³-hybridized carbons (Fsp3) is 0.208. The molecule has 0 bridgehead atoms.